The highest BCUT2D eigenvalue weighted by Crippen LogP contribution is 2.35. The lowest BCUT2D eigenvalue weighted by Crippen LogP contribution is -2.30. The van der Waals surface area contributed by atoms with Crippen LogP contribution in [0.2, 0.25) is 10.0 Å². The fourth-order valence-electron chi connectivity index (χ4n) is 2.96. The van der Waals surface area contributed by atoms with Crippen LogP contribution in [0.1, 0.15) is 40.5 Å². The van der Waals surface area contributed by atoms with Crippen LogP contribution in [0, 0.1) is 0 Å². The summed E-state index contributed by atoms with van der Waals surface area (Å²) < 4.78 is 0. The molecule has 2 heterocycles. The number of aromatic nitrogens is 1. The first kappa shape index (κ1) is 19.0. The summed E-state index contributed by atoms with van der Waals surface area (Å²) in [5, 5.41) is 1.03. The number of rotatable bonds is 3. The summed E-state index contributed by atoms with van der Waals surface area (Å²) >= 11 is 12.1. The first-order chi connectivity index (χ1) is 11.1. The van der Waals surface area contributed by atoms with Crippen LogP contribution in [0.3, 0.4) is 0 Å². The van der Waals surface area contributed by atoms with E-state index in [1.54, 1.807) is 24.4 Å². The second-order valence-electron chi connectivity index (χ2n) is 5.57. The van der Waals surface area contributed by atoms with E-state index in [9.17, 15) is 4.79 Å². The standard InChI is InChI=1S/C17H17Cl2N3O.ClH/c18-14-4-3-11(9-15(14)19)16-2-1-7-22(16)17(23)12-5-6-21-13(8-12)10-20;/h3-6,8-9,16H,1-2,7,10,20H2;1H. The van der Waals surface area contributed by atoms with E-state index in [1.165, 1.54) is 0 Å². The summed E-state index contributed by atoms with van der Waals surface area (Å²) in [5.41, 5.74) is 7.95. The maximum absolute atomic E-state index is 12.8. The highest BCUT2D eigenvalue weighted by atomic mass is 35.5. The second-order valence-corrected chi connectivity index (χ2v) is 6.38. The average molecular weight is 387 g/mol. The van der Waals surface area contributed by atoms with Gasteiger partial charge in [0, 0.05) is 24.8 Å². The molecule has 1 unspecified atom stereocenters. The maximum atomic E-state index is 12.8. The number of halogens is 3. The second kappa shape index (κ2) is 8.17. The lowest BCUT2D eigenvalue weighted by molar-refractivity contribution is 0.0735. The van der Waals surface area contributed by atoms with Gasteiger partial charge in [-0.25, -0.2) is 0 Å². The SMILES string of the molecule is Cl.NCc1cc(C(=O)N2CCCC2c2ccc(Cl)c(Cl)c2)ccn1. The van der Waals surface area contributed by atoms with Gasteiger partial charge in [0.15, 0.2) is 0 Å². The minimum atomic E-state index is -0.00401. The van der Waals surface area contributed by atoms with Crippen LogP contribution in [0.25, 0.3) is 0 Å². The Hall–Kier alpha value is -1.33. The molecule has 1 aliphatic rings. The molecule has 0 bridgehead atoms. The number of likely N-dealkylation sites (tertiary alicyclic amines) is 1. The molecule has 0 saturated carbocycles. The Morgan fingerprint density at radius 1 is 1.25 bits per heavy atom. The Bertz CT molecular complexity index is 739. The van der Waals surface area contributed by atoms with Crippen molar-refractivity contribution in [2.45, 2.75) is 25.4 Å². The zero-order chi connectivity index (χ0) is 16.4. The molecule has 7 heteroatoms. The normalized spacial score (nSPS) is 16.8. The minimum absolute atomic E-state index is 0. The molecule has 1 amide bonds. The number of amides is 1. The summed E-state index contributed by atoms with van der Waals surface area (Å²) in [7, 11) is 0. The smallest absolute Gasteiger partial charge is 0.254 e. The van der Waals surface area contributed by atoms with Gasteiger partial charge in [-0.3, -0.25) is 9.78 Å². The molecule has 128 valence electrons. The summed E-state index contributed by atoms with van der Waals surface area (Å²) in [5.74, 6) is -0.00401. The van der Waals surface area contributed by atoms with Crippen molar-refractivity contribution in [2.75, 3.05) is 6.54 Å². The van der Waals surface area contributed by atoms with Crippen LogP contribution >= 0.6 is 35.6 Å². The van der Waals surface area contributed by atoms with Crippen LogP contribution in [-0.2, 0) is 6.54 Å². The third kappa shape index (κ3) is 3.83. The summed E-state index contributed by atoms with van der Waals surface area (Å²) in [4.78, 5) is 18.9. The molecule has 4 nitrogen and oxygen atoms in total. The zero-order valence-electron chi connectivity index (χ0n) is 12.9. The van der Waals surface area contributed by atoms with Crippen LogP contribution < -0.4 is 5.73 Å². The number of carbonyl (C=O) groups is 1. The molecule has 1 saturated heterocycles. The van der Waals surface area contributed by atoms with E-state index in [-0.39, 0.29) is 24.4 Å². The average Bonchev–Trinajstić information content (AvgIpc) is 3.06. The van der Waals surface area contributed by atoms with Crippen molar-refractivity contribution < 1.29 is 4.79 Å². The van der Waals surface area contributed by atoms with Crippen molar-refractivity contribution in [3.63, 3.8) is 0 Å². The maximum Gasteiger partial charge on any atom is 0.254 e. The number of nitrogens with zero attached hydrogens (tertiary/aromatic N) is 2. The van der Waals surface area contributed by atoms with Crippen LogP contribution in [0.5, 0.6) is 0 Å². The van der Waals surface area contributed by atoms with E-state index in [2.05, 4.69) is 4.98 Å². The van der Waals surface area contributed by atoms with Gasteiger partial charge in [-0.15, -0.1) is 12.4 Å². The minimum Gasteiger partial charge on any atom is -0.332 e. The summed E-state index contributed by atoms with van der Waals surface area (Å²) in [6.45, 7) is 1.04. The van der Waals surface area contributed by atoms with Crippen molar-refractivity contribution in [1.82, 2.24) is 9.88 Å². The van der Waals surface area contributed by atoms with Crippen molar-refractivity contribution in [3.8, 4) is 0 Å². The Balaban J connectivity index is 0.00000208. The molecule has 0 spiro atoms. The van der Waals surface area contributed by atoms with E-state index >= 15 is 0 Å². The van der Waals surface area contributed by atoms with Gasteiger partial charge >= 0.3 is 0 Å². The number of benzene rings is 1. The van der Waals surface area contributed by atoms with Gasteiger partial charge < -0.3 is 10.6 Å². The molecule has 0 aliphatic carbocycles. The third-order valence-electron chi connectivity index (χ3n) is 4.11. The van der Waals surface area contributed by atoms with E-state index in [1.807, 2.05) is 17.0 Å². The van der Waals surface area contributed by atoms with Crippen LogP contribution in [0.15, 0.2) is 36.5 Å². The van der Waals surface area contributed by atoms with Crippen LogP contribution in [-0.4, -0.2) is 22.3 Å². The number of nitrogens with two attached hydrogens (primary N) is 1. The predicted molar refractivity (Wildman–Crippen MR) is 98.8 cm³/mol. The lowest BCUT2D eigenvalue weighted by Gasteiger charge is -2.25. The summed E-state index contributed by atoms with van der Waals surface area (Å²) in [6, 6.07) is 9.06. The fraction of sp³-hybridized carbons (Fsp3) is 0.294. The first-order valence-electron chi connectivity index (χ1n) is 7.51. The van der Waals surface area contributed by atoms with Crippen molar-refractivity contribution in [3.05, 3.63) is 63.4 Å². The van der Waals surface area contributed by atoms with E-state index < -0.39 is 0 Å². The molecule has 1 fully saturated rings. The molecule has 1 aromatic carbocycles. The van der Waals surface area contributed by atoms with Crippen molar-refractivity contribution >= 4 is 41.5 Å². The molecule has 2 N–H and O–H groups in total. The van der Waals surface area contributed by atoms with E-state index in [0.717, 1.165) is 24.9 Å². The van der Waals surface area contributed by atoms with Gasteiger partial charge in [0.2, 0.25) is 0 Å². The lowest BCUT2D eigenvalue weighted by atomic mass is 10.0. The molecule has 1 atom stereocenters. The fourth-order valence-corrected chi connectivity index (χ4v) is 3.27. The highest BCUT2D eigenvalue weighted by Gasteiger charge is 2.31. The monoisotopic (exact) mass is 385 g/mol. The Labute approximate surface area is 157 Å². The van der Waals surface area contributed by atoms with Gasteiger partial charge in [0.1, 0.15) is 0 Å². The number of hydrogen-bond acceptors (Lipinski definition) is 3. The van der Waals surface area contributed by atoms with Gasteiger partial charge in [-0.1, -0.05) is 29.3 Å². The molecule has 1 aliphatic heterocycles. The molecular weight excluding hydrogens is 369 g/mol. The molecule has 2 aromatic rings. The molecule has 1 aromatic heterocycles. The quantitative estimate of drug-likeness (QED) is 0.858. The molecule has 3 rings (SSSR count). The summed E-state index contributed by atoms with van der Waals surface area (Å²) in [6.07, 6.45) is 3.50. The van der Waals surface area contributed by atoms with Crippen LogP contribution in [0.4, 0.5) is 0 Å². The highest BCUT2D eigenvalue weighted by molar-refractivity contribution is 6.42. The number of hydrogen-bond donors (Lipinski definition) is 1. The Kier molecular flexibility index (Phi) is 6.47. The van der Waals surface area contributed by atoms with Gasteiger partial charge in [0.25, 0.3) is 5.91 Å². The molecule has 0 radical (unpaired) electrons. The van der Waals surface area contributed by atoms with Gasteiger partial charge in [-0.2, -0.15) is 0 Å². The zero-order valence-corrected chi connectivity index (χ0v) is 15.2. The van der Waals surface area contributed by atoms with Gasteiger partial charge in [0.05, 0.1) is 21.8 Å². The van der Waals surface area contributed by atoms with E-state index in [0.29, 0.717) is 27.8 Å². The van der Waals surface area contributed by atoms with Crippen molar-refractivity contribution in [1.29, 1.82) is 0 Å². The third-order valence-corrected chi connectivity index (χ3v) is 4.85. The Morgan fingerprint density at radius 3 is 2.75 bits per heavy atom. The predicted octanol–water partition coefficient (Wildman–Crippen LogP) is 4.25. The van der Waals surface area contributed by atoms with Gasteiger partial charge in [-0.05, 0) is 42.7 Å². The Morgan fingerprint density at radius 2 is 2.04 bits per heavy atom. The van der Waals surface area contributed by atoms with E-state index in [4.69, 9.17) is 28.9 Å². The molecular formula is C17H18Cl3N3O. The largest absolute Gasteiger partial charge is 0.332 e. The number of carbonyl (C=O) groups excluding carboxylic acids is 1. The topological polar surface area (TPSA) is 59.2 Å². The van der Waals surface area contributed by atoms with Crippen molar-refractivity contribution in [2.24, 2.45) is 5.73 Å². The number of pyridine rings is 1. The first-order valence-corrected chi connectivity index (χ1v) is 8.26. The molecule has 24 heavy (non-hydrogen) atoms.